The number of phenols is 1. The van der Waals surface area contributed by atoms with Crippen molar-refractivity contribution in [3.05, 3.63) is 29.1 Å². The van der Waals surface area contributed by atoms with E-state index in [0.717, 1.165) is 12.0 Å². The summed E-state index contributed by atoms with van der Waals surface area (Å²) >= 11 is 0. The molecule has 2 rings (SSSR count). The first-order chi connectivity index (χ1) is 7.98. The molecule has 4 heteroatoms. The predicted octanol–water partition coefficient (Wildman–Crippen LogP) is 2.30. The molecular weight excluding hydrogens is 223 g/mol. The fraction of sp³-hybridized carbons (Fsp3) is 0.462. The second-order valence-electron chi connectivity index (χ2n) is 4.75. The van der Waals surface area contributed by atoms with E-state index in [4.69, 9.17) is 0 Å². The third-order valence-electron chi connectivity index (χ3n) is 3.52. The molecule has 1 atom stereocenters. The standard InChI is InChI=1S/C13H15FO3/c1-13(7-10(16)17-2)6-5-8-3-4-9(15)12(14)11(8)13/h3-4,15H,5-7H2,1-2H3. The van der Waals surface area contributed by atoms with Crippen LogP contribution in [-0.4, -0.2) is 18.2 Å². The van der Waals surface area contributed by atoms with Crippen molar-refractivity contribution in [3.8, 4) is 5.75 Å². The van der Waals surface area contributed by atoms with Crippen LogP contribution in [0.25, 0.3) is 0 Å². The largest absolute Gasteiger partial charge is 0.505 e. The zero-order valence-corrected chi connectivity index (χ0v) is 9.92. The Morgan fingerprint density at radius 2 is 2.29 bits per heavy atom. The molecule has 1 unspecified atom stereocenters. The van der Waals surface area contributed by atoms with Gasteiger partial charge in [-0.2, -0.15) is 0 Å². The Hall–Kier alpha value is -1.58. The van der Waals surface area contributed by atoms with Crippen LogP contribution in [0.4, 0.5) is 4.39 Å². The third kappa shape index (κ3) is 1.88. The van der Waals surface area contributed by atoms with E-state index in [1.807, 2.05) is 6.92 Å². The van der Waals surface area contributed by atoms with Crippen molar-refractivity contribution in [1.29, 1.82) is 0 Å². The van der Waals surface area contributed by atoms with Gasteiger partial charge >= 0.3 is 5.97 Å². The Kier molecular flexibility index (Phi) is 2.81. The first-order valence-corrected chi connectivity index (χ1v) is 5.55. The topological polar surface area (TPSA) is 46.5 Å². The van der Waals surface area contributed by atoms with E-state index in [9.17, 15) is 14.3 Å². The zero-order chi connectivity index (χ0) is 12.6. The lowest BCUT2D eigenvalue weighted by molar-refractivity contribution is -0.142. The van der Waals surface area contributed by atoms with Gasteiger partial charge in [-0.15, -0.1) is 0 Å². The van der Waals surface area contributed by atoms with E-state index in [1.54, 1.807) is 6.07 Å². The highest BCUT2D eigenvalue weighted by Gasteiger charge is 2.39. The molecule has 1 aliphatic carbocycles. The molecular formula is C13H15FO3. The number of halogens is 1. The number of fused-ring (bicyclic) bond motifs is 1. The Morgan fingerprint density at radius 1 is 1.59 bits per heavy atom. The molecule has 3 nitrogen and oxygen atoms in total. The molecule has 0 fully saturated rings. The highest BCUT2D eigenvalue weighted by Crippen LogP contribution is 2.44. The number of esters is 1. The fourth-order valence-electron chi connectivity index (χ4n) is 2.57. The number of carbonyl (C=O) groups excluding carboxylic acids is 1. The van der Waals surface area contributed by atoms with Gasteiger partial charge in [0.15, 0.2) is 11.6 Å². The molecule has 0 bridgehead atoms. The second kappa shape index (κ2) is 4.02. The van der Waals surface area contributed by atoms with E-state index in [2.05, 4.69) is 4.74 Å². The highest BCUT2D eigenvalue weighted by molar-refractivity contribution is 5.72. The summed E-state index contributed by atoms with van der Waals surface area (Å²) in [5.41, 5.74) is 0.750. The summed E-state index contributed by atoms with van der Waals surface area (Å²) in [7, 11) is 1.32. The van der Waals surface area contributed by atoms with Crippen LogP contribution in [0, 0.1) is 5.82 Å². The van der Waals surface area contributed by atoms with E-state index in [0.29, 0.717) is 12.0 Å². The van der Waals surface area contributed by atoms with Crippen LogP contribution in [0.2, 0.25) is 0 Å². The molecule has 0 heterocycles. The van der Waals surface area contributed by atoms with Crippen molar-refractivity contribution in [2.75, 3.05) is 7.11 Å². The molecule has 0 saturated carbocycles. The maximum absolute atomic E-state index is 14.0. The average molecular weight is 238 g/mol. The molecule has 0 radical (unpaired) electrons. The van der Waals surface area contributed by atoms with Crippen LogP contribution in [0.15, 0.2) is 12.1 Å². The summed E-state index contributed by atoms with van der Waals surface area (Å²) in [5.74, 6) is -1.32. The van der Waals surface area contributed by atoms with Gasteiger partial charge < -0.3 is 9.84 Å². The Morgan fingerprint density at radius 3 is 2.94 bits per heavy atom. The van der Waals surface area contributed by atoms with E-state index < -0.39 is 11.2 Å². The lowest BCUT2D eigenvalue weighted by atomic mass is 9.80. The van der Waals surface area contributed by atoms with Gasteiger partial charge in [-0.1, -0.05) is 13.0 Å². The summed E-state index contributed by atoms with van der Waals surface area (Å²) in [6, 6.07) is 3.08. The number of aromatic hydroxyl groups is 1. The molecule has 17 heavy (non-hydrogen) atoms. The quantitative estimate of drug-likeness (QED) is 0.804. The van der Waals surface area contributed by atoms with Crippen LogP contribution >= 0.6 is 0 Å². The van der Waals surface area contributed by atoms with Crippen molar-refractivity contribution in [3.63, 3.8) is 0 Å². The van der Waals surface area contributed by atoms with Gasteiger partial charge in [-0.25, -0.2) is 4.39 Å². The van der Waals surface area contributed by atoms with Crippen LogP contribution in [0.1, 0.15) is 30.9 Å². The van der Waals surface area contributed by atoms with Crippen LogP contribution in [0.3, 0.4) is 0 Å². The van der Waals surface area contributed by atoms with Crippen molar-refractivity contribution in [2.24, 2.45) is 0 Å². The number of hydrogen-bond donors (Lipinski definition) is 1. The number of hydrogen-bond acceptors (Lipinski definition) is 3. The second-order valence-corrected chi connectivity index (χ2v) is 4.75. The minimum absolute atomic E-state index is 0.136. The predicted molar refractivity (Wildman–Crippen MR) is 60.4 cm³/mol. The lowest BCUT2D eigenvalue weighted by Crippen LogP contribution is -2.24. The van der Waals surface area contributed by atoms with Gasteiger partial charge in [0.2, 0.25) is 0 Å². The molecule has 0 saturated heterocycles. The normalized spacial score (nSPS) is 22.3. The van der Waals surface area contributed by atoms with Crippen molar-refractivity contribution < 1.29 is 19.0 Å². The number of ether oxygens (including phenoxy) is 1. The minimum Gasteiger partial charge on any atom is -0.505 e. The maximum atomic E-state index is 14.0. The lowest BCUT2D eigenvalue weighted by Gasteiger charge is -2.24. The van der Waals surface area contributed by atoms with Crippen molar-refractivity contribution >= 4 is 5.97 Å². The molecule has 0 aromatic heterocycles. The minimum atomic E-state index is -0.605. The van der Waals surface area contributed by atoms with E-state index in [1.165, 1.54) is 13.2 Å². The number of methoxy groups -OCH3 is 1. The molecule has 92 valence electrons. The summed E-state index contributed by atoms with van der Waals surface area (Å²) in [6.45, 7) is 1.83. The summed E-state index contributed by atoms with van der Waals surface area (Å²) < 4.78 is 18.6. The molecule has 0 spiro atoms. The molecule has 0 aliphatic heterocycles. The molecule has 1 aliphatic rings. The monoisotopic (exact) mass is 238 g/mol. The van der Waals surface area contributed by atoms with Crippen molar-refractivity contribution in [2.45, 2.75) is 31.6 Å². The molecule has 1 aromatic rings. The Bertz CT molecular complexity index is 470. The van der Waals surface area contributed by atoms with Crippen LogP contribution in [0.5, 0.6) is 5.75 Å². The molecule has 0 amide bonds. The SMILES string of the molecule is COC(=O)CC1(C)CCc2ccc(O)c(F)c21. The van der Waals surface area contributed by atoms with Crippen LogP contribution < -0.4 is 0 Å². The number of carbonyl (C=O) groups is 1. The zero-order valence-electron chi connectivity index (χ0n) is 9.92. The first kappa shape index (κ1) is 11.9. The molecule has 1 N–H and O–H groups in total. The number of benzene rings is 1. The van der Waals surface area contributed by atoms with Crippen LogP contribution in [-0.2, 0) is 21.4 Å². The maximum Gasteiger partial charge on any atom is 0.306 e. The van der Waals surface area contributed by atoms with Gasteiger partial charge in [-0.3, -0.25) is 4.79 Å². The Balaban J connectivity index is 2.44. The van der Waals surface area contributed by atoms with Gasteiger partial charge in [0.1, 0.15) is 0 Å². The van der Waals surface area contributed by atoms with Gasteiger partial charge in [0.05, 0.1) is 13.5 Å². The highest BCUT2D eigenvalue weighted by atomic mass is 19.1. The fourth-order valence-corrected chi connectivity index (χ4v) is 2.57. The van der Waals surface area contributed by atoms with Crippen molar-refractivity contribution in [1.82, 2.24) is 0 Å². The van der Waals surface area contributed by atoms with Gasteiger partial charge in [0.25, 0.3) is 0 Å². The molecule has 1 aromatic carbocycles. The smallest absolute Gasteiger partial charge is 0.306 e. The number of phenolic OH excluding ortho intramolecular Hbond substituents is 1. The summed E-state index contributed by atoms with van der Waals surface area (Å²) in [6.07, 6.45) is 1.55. The summed E-state index contributed by atoms with van der Waals surface area (Å²) in [5, 5.41) is 9.42. The van der Waals surface area contributed by atoms with Gasteiger partial charge in [-0.05, 0) is 24.5 Å². The Labute approximate surface area is 99.2 Å². The van der Waals surface area contributed by atoms with E-state index >= 15 is 0 Å². The third-order valence-corrected chi connectivity index (χ3v) is 3.52. The average Bonchev–Trinajstić information content (AvgIpc) is 2.62. The van der Waals surface area contributed by atoms with Gasteiger partial charge in [0, 0.05) is 11.0 Å². The first-order valence-electron chi connectivity index (χ1n) is 5.55. The summed E-state index contributed by atoms with van der Waals surface area (Å²) in [4.78, 5) is 11.4. The van der Waals surface area contributed by atoms with E-state index in [-0.39, 0.29) is 18.1 Å². The number of rotatable bonds is 2. The number of aryl methyl sites for hydroxylation is 1.